The minimum absolute atomic E-state index is 0.199. The largest absolute Gasteiger partial charge is 0.329 e. The Hall–Kier alpha value is -5.08. The van der Waals surface area contributed by atoms with Crippen LogP contribution in [-0.2, 0) is 0 Å². The maximum absolute atomic E-state index is 2.46. The molecule has 0 fully saturated rings. The fourth-order valence-electron chi connectivity index (χ4n) is 6.22. The van der Waals surface area contributed by atoms with Crippen LogP contribution in [0.3, 0.4) is 0 Å². The van der Waals surface area contributed by atoms with Gasteiger partial charge in [0.15, 0.2) is 0 Å². The number of benzene rings is 6. The van der Waals surface area contributed by atoms with E-state index in [1.54, 1.807) is 0 Å². The van der Waals surface area contributed by atoms with E-state index in [-0.39, 0.29) is 6.04 Å². The van der Waals surface area contributed by atoms with Crippen molar-refractivity contribution in [2.24, 2.45) is 0 Å². The molecule has 8 rings (SSSR count). The molecular weight excluding hydrogens is 472 g/mol. The van der Waals surface area contributed by atoms with Gasteiger partial charge in [-0.2, -0.15) is 0 Å². The molecule has 1 aliphatic rings. The van der Waals surface area contributed by atoms with Gasteiger partial charge < -0.3 is 9.47 Å². The lowest BCUT2D eigenvalue weighted by Gasteiger charge is -2.45. The van der Waals surface area contributed by atoms with Crippen LogP contribution >= 0.6 is 0 Å². The molecule has 0 bridgehead atoms. The van der Waals surface area contributed by atoms with E-state index in [2.05, 4.69) is 161 Å². The van der Waals surface area contributed by atoms with Crippen LogP contribution in [0.1, 0.15) is 17.2 Å². The number of rotatable bonds is 4. The summed E-state index contributed by atoms with van der Waals surface area (Å²) in [5, 5.41) is 2.57. The van der Waals surface area contributed by atoms with Crippen molar-refractivity contribution >= 4 is 33.2 Å². The molecule has 0 saturated carbocycles. The third-order valence-electron chi connectivity index (χ3n) is 8.05. The standard InChI is InChI=1S/C37H26N2/c1-2-10-26(11-3-1)27-18-20-28(21-19-27)37-33-14-6-9-17-36(33)39(37)30-24-22-29(23-25-30)38-34-15-7-4-12-31(34)32-13-5-8-16-35(32)38/h1-25,37H. The van der Waals surface area contributed by atoms with Crippen LogP contribution in [-0.4, -0.2) is 4.57 Å². The first kappa shape index (κ1) is 22.0. The van der Waals surface area contributed by atoms with Crippen LogP contribution < -0.4 is 4.90 Å². The molecule has 0 N–H and O–H groups in total. The van der Waals surface area contributed by atoms with Crippen LogP contribution in [0.25, 0.3) is 38.6 Å². The van der Waals surface area contributed by atoms with E-state index >= 15 is 0 Å². The molecule has 1 atom stereocenters. The zero-order valence-corrected chi connectivity index (χ0v) is 21.4. The number of hydrogen-bond donors (Lipinski definition) is 0. The van der Waals surface area contributed by atoms with Gasteiger partial charge in [-0.05, 0) is 59.2 Å². The SMILES string of the molecule is c1ccc(-c2ccc(C3c4ccccc4N3c3ccc(-n4c5ccccc5c5ccccc54)cc3)cc2)cc1. The summed E-state index contributed by atoms with van der Waals surface area (Å²) >= 11 is 0. The molecule has 6 aromatic carbocycles. The molecule has 2 nitrogen and oxygen atoms in total. The van der Waals surface area contributed by atoms with Crippen LogP contribution in [0.4, 0.5) is 11.4 Å². The monoisotopic (exact) mass is 498 g/mol. The summed E-state index contributed by atoms with van der Waals surface area (Å²) in [6.45, 7) is 0. The van der Waals surface area contributed by atoms with Gasteiger partial charge in [0.2, 0.25) is 0 Å². The molecule has 1 aliphatic heterocycles. The van der Waals surface area contributed by atoms with Gasteiger partial charge in [-0.25, -0.2) is 0 Å². The average molecular weight is 499 g/mol. The summed E-state index contributed by atoms with van der Waals surface area (Å²) in [7, 11) is 0. The fourth-order valence-corrected chi connectivity index (χ4v) is 6.22. The molecule has 0 saturated heterocycles. The highest BCUT2D eigenvalue weighted by atomic mass is 15.2. The van der Waals surface area contributed by atoms with Gasteiger partial charge in [0.1, 0.15) is 0 Å². The molecule has 7 aromatic rings. The number of fused-ring (bicyclic) bond motifs is 4. The van der Waals surface area contributed by atoms with E-state index in [9.17, 15) is 0 Å². The van der Waals surface area contributed by atoms with Gasteiger partial charge in [-0.3, -0.25) is 0 Å². The van der Waals surface area contributed by atoms with Crippen molar-refractivity contribution < 1.29 is 0 Å². The molecule has 0 radical (unpaired) electrons. The highest BCUT2D eigenvalue weighted by Crippen LogP contribution is 2.51. The topological polar surface area (TPSA) is 8.17 Å². The Kier molecular flexibility index (Phi) is 4.92. The normalized spacial score (nSPS) is 14.4. The van der Waals surface area contributed by atoms with Crippen molar-refractivity contribution in [3.8, 4) is 16.8 Å². The van der Waals surface area contributed by atoms with Gasteiger partial charge in [0.25, 0.3) is 0 Å². The average Bonchev–Trinajstić information content (AvgIpc) is 3.34. The van der Waals surface area contributed by atoms with E-state index in [4.69, 9.17) is 0 Å². The lowest BCUT2D eigenvalue weighted by atomic mass is 9.86. The van der Waals surface area contributed by atoms with E-state index in [0.29, 0.717) is 0 Å². The minimum atomic E-state index is 0.199. The maximum Gasteiger partial charge on any atom is 0.0865 e. The third-order valence-corrected chi connectivity index (χ3v) is 8.05. The summed E-state index contributed by atoms with van der Waals surface area (Å²) < 4.78 is 2.37. The van der Waals surface area contributed by atoms with Gasteiger partial charge in [0.05, 0.1) is 17.1 Å². The lowest BCUT2D eigenvalue weighted by Crippen LogP contribution is -2.34. The van der Waals surface area contributed by atoms with Gasteiger partial charge in [-0.15, -0.1) is 0 Å². The van der Waals surface area contributed by atoms with Crippen molar-refractivity contribution in [3.63, 3.8) is 0 Å². The Morgan fingerprint density at radius 3 is 1.64 bits per heavy atom. The molecule has 0 amide bonds. The van der Waals surface area contributed by atoms with Gasteiger partial charge in [0, 0.05) is 33.4 Å². The van der Waals surface area contributed by atoms with Crippen LogP contribution in [0.2, 0.25) is 0 Å². The quantitative estimate of drug-likeness (QED) is 0.234. The molecule has 2 heteroatoms. The molecule has 1 aromatic heterocycles. The third kappa shape index (κ3) is 3.42. The zero-order chi connectivity index (χ0) is 25.8. The Balaban J connectivity index is 1.19. The second kappa shape index (κ2) is 8.75. The highest BCUT2D eigenvalue weighted by Gasteiger charge is 2.36. The second-order valence-corrected chi connectivity index (χ2v) is 10.2. The number of hydrogen-bond acceptors (Lipinski definition) is 1. The first-order valence-electron chi connectivity index (χ1n) is 13.5. The number of anilines is 2. The molecule has 0 spiro atoms. The van der Waals surface area contributed by atoms with E-state index in [1.807, 2.05) is 0 Å². The van der Waals surface area contributed by atoms with Crippen molar-refractivity contribution in [2.75, 3.05) is 4.90 Å². The first-order chi connectivity index (χ1) is 19.4. The van der Waals surface area contributed by atoms with Crippen LogP contribution in [0, 0.1) is 0 Å². The van der Waals surface area contributed by atoms with Gasteiger partial charge in [-0.1, -0.05) is 109 Å². The van der Waals surface area contributed by atoms with Crippen LogP contribution in [0.5, 0.6) is 0 Å². The molecule has 39 heavy (non-hydrogen) atoms. The minimum Gasteiger partial charge on any atom is -0.329 e. The summed E-state index contributed by atoms with van der Waals surface area (Å²) in [4.78, 5) is 2.46. The maximum atomic E-state index is 2.46. The summed E-state index contributed by atoms with van der Waals surface area (Å²) in [6.07, 6.45) is 0. The Bertz CT molecular complexity index is 1890. The zero-order valence-electron chi connectivity index (χ0n) is 21.4. The molecule has 0 aliphatic carbocycles. The summed E-state index contributed by atoms with van der Waals surface area (Å²) in [6, 6.07) is 55.0. The Labute approximate surface area is 228 Å². The predicted molar refractivity (Wildman–Crippen MR) is 163 cm³/mol. The summed E-state index contributed by atoms with van der Waals surface area (Å²) in [5.74, 6) is 0. The van der Waals surface area contributed by atoms with E-state index in [0.717, 1.165) is 0 Å². The summed E-state index contributed by atoms with van der Waals surface area (Å²) in [5.41, 5.74) is 11.3. The molecule has 2 heterocycles. The lowest BCUT2D eigenvalue weighted by molar-refractivity contribution is 0.747. The Morgan fingerprint density at radius 2 is 0.949 bits per heavy atom. The predicted octanol–water partition coefficient (Wildman–Crippen LogP) is 9.69. The first-order valence-corrected chi connectivity index (χ1v) is 13.5. The molecular formula is C37H26N2. The van der Waals surface area contributed by atoms with Crippen molar-refractivity contribution in [1.29, 1.82) is 0 Å². The van der Waals surface area contributed by atoms with Crippen molar-refractivity contribution in [1.82, 2.24) is 4.57 Å². The highest BCUT2D eigenvalue weighted by molar-refractivity contribution is 6.09. The van der Waals surface area contributed by atoms with E-state index in [1.165, 1.54) is 61.1 Å². The second-order valence-electron chi connectivity index (χ2n) is 10.2. The Morgan fingerprint density at radius 1 is 0.410 bits per heavy atom. The smallest absolute Gasteiger partial charge is 0.0865 e. The van der Waals surface area contributed by atoms with Crippen LogP contribution in [0.15, 0.2) is 152 Å². The van der Waals surface area contributed by atoms with E-state index < -0.39 is 0 Å². The molecule has 1 unspecified atom stereocenters. The molecule has 184 valence electrons. The van der Waals surface area contributed by atoms with Crippen molar-refractivity contribution in [2.45, 2.75) is 6.04 Å². The number of aromatic nitrogens is 1. The van der Waals surface area contributed by atoms with Crippen molar-refractivity contribution in [3.05, 3.63) is 163 Å². The van der Waals surface area contributed by atoms with Gasteiger partial charge >= 0.3 is 0 Å². The number of nitrogens with zero attached hydrogens (tertiary/aromatic N) is 2. The fraction of sp³-hybridized carbons (Fsp3) is 0.0270. The number of para-hydroxylation sites is 3.